The lowest BCUT2D eigenvalue weighted by molar-refractivity contribution is 0.816. The molecule has 4 aromatic rings. The monoisotopic (exact) mass is 306 g/mol. The molecule has 3 aromatic heterocycles. The molecule has 0 fully saturated rings. The second-order valence-corrected chi connectivity index (χ2v) is 5.62. The zero-order valence-corrected chi connectivity index (χ0v) is 13.0. The van der Waals surface area contributed by atoms with E-state index in [1.54, 1.807) is 6.20 Å². The number of benzene rings is 1. The van der Waals surface area contributed by atoms with E-state index in [9.17, 15) is 0 Å². The predicted octanol–water partition coefficient (Wildman–Crippen LogP) is 2.96. The minimum absolute atomic E-state index is 0.841. The van der Waals surface area contributed by atoms with Crippen molar-refractivity contribution < 1.29 is 0 Å². The summed E-state index contributed by atoms with van der Waals surface area (Å²) >= 11 is 0. The molecule has 0 aliphatic heterocycles. The van der Waals surface area contributed by atoms with Crippen LogP contribution in [0, 0.1) is 6.92 Å². The van der Waals surface area contributed by atoms with Crippen LogP contribution in [0.25, 0.3) is 16.6 Å². The summed E-state index contributed by atoms with van der Waals surface area (Å²) in [5.41, 5.74) is 4.12. The summed E-state index contributed by atoms with van der Waals surface area (Å²) in [5, 5.41) is 7.79. The molecular weight excluding hydrogens is 288 g/mol. The van der Waals surface area contributed by atoms with Gasteiger partial charge in [0.1, 0.15) is 11.3 Å². The summed E-state index contributed by atoms with van der Waals surface area (Å²) < 4.78 is 1.85. The zero-order valence-electron chi connectivity index (χ0n) is 13.0. The molecule has 6 heteroatoms. The number of imidazole rings is 1. The number of nitrogens with zero attached hydrogens (tertiary/aromatic N) is 4. The van der Waals surface area contributed by atoms with Crippen LogP contribution in [0.3, 0.4) is 0 Å². The minimum Gasteiger partial charge on any atom is -0.368 e. The second kappa shape index (κ2) is 5.72. The predicted molar refractivity (Wildman–Crippen MR) is 90.6 cm³/mol. The molecule has 0 aliphatic rings. The number of rotatable bonds is 5. The van der Waals surface area contributed by atoms with Gasteiger partial charge < -0.3 is 10.3 Å². The largest absolute Gasteiger partial charge is 0.368 e. The van der Waals surface area contributed by atoms with Crippen LogP contribution in [-0.2, 0) is 6.42 Å². The van der Waals surface area contributed by atoms with E-state index in [0.29, 0.717) is 0 Å². The highest BCUT2D eigenvalue weighted by Crippen LogP contribution is 2.15. The first-order valence-electron chi connectivity index (χ1n) is 7.78. The maximum atomic E-state index is 4.60. The van der Waals surface area contributed by atoms with Gasteiger partial charge in [0.15, 0.2) is 5.82 Å². The molecule has 0 bridgehead atoms. The van der Waals surface area contributed by atoms with Gasteiger partial charge in [0.2, 0.25) is 0 Å². The highest BCUT2D eigenvalue weighted by molar-refractivity contribution is 5.74. The highest BCUT2D eigenvalue weighted by atomic mass is 15.2. The molecule has 0 unspecified atom stereocenters. The first-order valence-corrected chi connectivity index (χ1v) is 7.78. The van der Waals surface area contributed by atoms with E-state index in [4.69, 9.17) is 0 Å². The third-order valence-corrected chi connectivity index (χ3v) is 3.83. The molecule has 1 aromatic carbocycles. The quantitative estimate of drug-likeness (QED) is 0.556. The normalized spacial score (nSPS) is 11.3. The molecule has 116 valence electrons. The van der Waals surface area contributed by atoms with Gasteiger partial charge in [0, 0.05) is 25.4 Å². The molecule has 0 spiro atoms. The molecule has 6 nitrogen and oxygen atoms in total. The minimum atomic E-state index is 0.841. The standard InChI is InChI=1S/C17H18N6/c1-12-11-15-17(19-9-10-23(15)22-12)18-8-4-7-16-20-13-5-2-3-6-14(13)21-16/h2-3,5-6,9-11H,4,7-8H2,1H3,(H,18,19)(H,20,21). The van der Waals surface area contributed by atoms with Crippen LogP contribution in [0.2, 0.25) is 0 Å². The van der Waals surface area contributed by atoms with E-state index in [-0.39, 0.29) is 0 Å². The first kappa shape index (κ1) is 13.8. The maximum Gasteiger partial charge on any atom is 0.152 e. The number of aromatic nitrogens is 5. The van der Waals surface area contributed by atoms with E-state index >= 15 is 0 Å². The Bertz CT molecular complexity index is 919. The lowest BCUT2D eigenvalue weighted by Gasteiger charge is -2.06. The number of fused-ring (bicyclic) bond motifs is 2. The summed E-state index contributed by atoms with van der Waals surface area (Å²) in [6.45, 7) is 2.83. The van der Waals surface area contributed by atoms with Crippen molar-refractivity contribution in [3.05, 3.63) is 54.2 Å². The van der Waals surface area contributed by atoms with E-state index in [0.717, 1.165) is 53.3 Å². The van der Waals surface area contributed by atoms with E-state index in [2.05, 4.69) is 31.4 Å². The lowest BCUT2D eigenvalue weighted by atomic mass is 10.3. The molecule has 0 radical (unpaired) electrons. The van der Waals surface area contributed by atoms with Crippen LogP contribution >= 0.6 is 0 Å². The van der Waals surface area contributed by atoms with Crippen LogP contribution in [0.4, 0.5) is 5.82 Å². The zero-order chi connectivity index (χ0) is 15.6. The van der Waals surface area contributed by atoms with Crippen LogP contribution < -0.4 is 5.32 Å². The Morgan fingerprint density at radius 3 is 3.09 bits per heavy atom. The van der Waals surface area contributed by atoms with Crippen LogP contribution in [-0.4, -0.2) is 31.1 Å². The van der Waals surface area contributed by atoms with Crippen LogP contribution in [0.5, 0.6) is 0 Å². The molecule has 3 heterocycles. The Labute approximate surface area is 133 Å². The molecule has 2 N–H and O–H groups in total. The SMILES string of the molecule is Cc1cc2c(NCCCc3nc4ccccc4[nH]3)nccn2n1. The third-order valence-electron chi connectivity index (χ3n) is 3.83. The number of anilines is 1. The summed E-state index contributed by atoms with van der Waals surface area (Å²) in [7, 11) is 0. The third kappa shape index (κ3) is 2.75. The number of hydrogen-bond donors (Lipinski definition) is 2. The van der Waals surface area contributed by atoms with Gasteiger partial charge in [-0.25, -0.2) is 14.5 Å². The van der Waals surface area contributed by atoms with Crippen molar-refractivity contribution >= 4 is 22.4 Å². The van der Waals surface area contributed by atoms with E-state index < -0.39 is 0 Å². The Morgan fingerprint density at radius 1 is 1.26 bits per heavy atom. The van der Waals surface area contributed by atoms with Crippen LogP contribution in [0.15, 0.2) is 42.7 Å². The number of nitrogens with one attached hydrogen (secondary N) is 2. The van der Waals surface area contributed by atoms with Crippen molar-refractivity contribution in [3.8, 4) is 0 Å². The highest BCUT2D eigenvalue weighted by Gasteiger charge is 2.05. The lowest BCUT2D eigenvalue weighted by Crippen LogP contribution is -2.06. The fraction of sp³-hybridized carbons (Fsp3) is 0.235. The molecule has 0 saturated heterocycles. The molecule has 0 aliphatic carbocycles. The van der Waals surface area contributed by atoms with Gasteiger partial charge in [-0.15, -0.1) is 0 Å². The first-order chi connectivity index (χ1) is 11.3. The Balaban J connectivity index is 1.39. The number of para-hydroxylation sites is 2. The van der Waals surface area contributed by atoms with Crippen molar-refractivity contribution in [2.75, 3.05) is 11.9 Å². The van der Waals surface area contributed by atoms with Gasteiger partial charge in [-0.2, -0.15) is 5.10 Å². The van der Waals surface area contributed by atoms with E-state index in [1.165, 1.54) is 0 Å². The van der Waals surface area contributed by atoms with Gasteiger partial charge in [-0.1, -0.05) is 12.1 Å². The van der Waals surface area contributed by atoms with Gasteiger partial charge in [0.05, 0.1) is 16.7 Å². The molecule has 4 rings (SSSR count). The average molecular weight is 306 g/mol. The number of H-pyrrole nitrogens is 1. The Morgan fingerprint density at radius 2 is 2.17 bits per heavy atom. The van der Waals surface area contributed by atoms with Crippen molar-refractivity contribution in [2.45, 2.75) is 19.8 Å². The molecular formula is C17H18N6. The summed E-state index contributed by atoms with van der Waals surface area (Å²) in [5.74, 6) is 1.90. The van der Waals surface area contributed by atoms with Crippen molar-refractivity contribution in [3.63, 3.8) is 0 Å². The average Bonchev–Trinajstić information content (AvgIpc) is 3.13. The van der Waals surface area contributed by atoms with Gasteiger partial charge in [-0.3, -0.25) is 0 Å². The molecule has 23 heavy (non-hydrogen) atoms. The molecule has 0 amide bonds. The van der Waals surface area contributed by atoms with E-state index in [1.807, 2.05) is 41.9 Å². The fourth-order valence-electron chi connectivity index (χ4n) is 2.77. The molecule has 0 saturated carbocycles. The van der Waals surface area contributed by atoms with Crippen molar-refractivity contribution in [1.82, 2.24) is 24.6 Å². The van der Waals surface area contributed by atoms with Crippen LogP contribution in [0.1, 0.15) is 17.9 Å². The Hall–Kier alpha value is -2.89. The van der Waals surface area contributed by atoms with Crippen molar-refractivity contribution in [2.24, 2.45) is 0 Å². The summed E-state index contributed by atoms with van der Waals surface area (Å²) in [6.07, 6.45) is 5.52. The van der Waals surface area contributed by atoms with Gasteiger partial charge in [0.25, 0.3) is 0 Å². The smallest absolute Gasteiger partial charge is 0.152 e. The summed E-state index contributed by atoms with van der Waals surface area (Å²) in [4.78, 5) is 12.4. The maximum absolute atomic E-state index is 4.60. The number of hydrogen-bond acceptors (Lipinski definition) is 4. The fourth-order valence-corrected chi connectivity index (χ4v) is 2.77. The number of aromatic amines is 1. The number of aryl methyl sites for hydroxylation is 2. The van der Waals surface area contributed by atoms with Gasteiger partial charge >= 0.3 is 0 Å². The second-order valence-electron chi connectivity index (χ2n) is 5.62. The topological polar surface area (TPSA) is 70.9 Å². The van der Waals surface area contributed by atoms with Crippen molar-refractivity contribution in [1.29, 1.82) is 0 Å². The molecule has 0 atom stereocenters. The Kier molecular flexibility index (Phi) is 3.42. The summed E-state index contributed by atoms with van der Waals surface area (Å²) in [6, 6.07) is 10.1. The van der Waals surface area contributed by atoms with Gasteiger partial charge in [-0.05, 0) is 31.5 Å².